The van der Waals surface area contributed by atoms with Crippen molar-refractivity contribution in [2.45, 2.75) is 73.0 Å². The molecule has 0 saturated carbocycles. The van der Waals surface area contributed by atoms with Gasteiger partial charge in [0.15, 0.2) is 0 Å². The van der Waals surface area contributed by atoms with Crippen LogP contribution in [0, 0.1) is 13.8 Å². The number of benzene rings is 2. The predicted molar refractivity (Wildman–Crippen MR) is 131 cm³/mol. The van der Waals surface area contributed by atoms with E-state index in [4.69, 9.17) is 9.72 Å². The van der Waals surface area contributed by atoms with Crippen molar-refractivity contribution in [1.82, 2.24) is 14.5 Å². The molecule has 0 unspecified atom stereocenters. The van der Waals surface area contributed by atoms with Crippen molar-refractivity contribution >= 4 is 11.0 Å². The summed E-state index contributed by atoms with van der Waals surface area (Å²) in [6.07, 6.45) is 6.22. The smallest absolute Gasteiger partial charge is 0.147 e. The lowest BCUT2D eigenvalue weighted by atomic mass is 10.1. The van der Waals surface area contributed by atoms with Crippen LogP contribution in [0.5, 0.6) is 5.75 Å². The topological polar surface area (TPSA) is 30.3 Å². The second-order valence-electron chi connectivity index (χ2n) is 8.56. The van der Waals surface area contributed by atoms with E-state index in [0.29, 0.717) is 6.61 Å². The number of unbranched alkanes of at least 4 members (excludes halogenated alkanes) is 2. The van der Waals surface area contributed by atoms with Gasteiger partial charge < -0.3 is 14.2 Å². The Morgan fingerprint density at radius 3 is 2.32 bits per heavy atom. The number of hydrogen-bond donors (Lipinski definition) is 0. The summed E-state index contributed by atoms with van der Waals surface area (Å²) in [5.41, 5.74) is 4.71. The Bertz CT molecular complexity index is 939. The van der Waals surface area contributed by atoms with Gasteiger partial charge in [0.05, 0.1) is 11.0 Å². The van der Waals surface area contributed by atoms with Crippen LogP contribution in [0.2, 0.25) is 0 Å². The van der Waals surface area contributed by atoms with Crippen molar-refractivity contribution in [3.05, 3.63) is 59.4 Å². The molecule has 0 aliphatic rings. The fourth-order valence-corrected chi connectivity index (χ4v) is 4.06. The van der Waals surface area contributed by atoms with E-state index in [9.17, 15) is 0 Å². The summed E-state index contributed by atoms with van der Waals surface area (Å²) in [7, 11) is 0. The van der Waals surface area contributed by atoms with Crippen molar-refractivity contribution < 1.29 is 4.74 Å². The van der Waals surface area contributed by atoms with Gasteiger partial charge >= 0.3 is 0 Å². The number of para-hydroxylation sites is 2. The van der Waals surface area contributed by atoms with E-state index in [0.717, 1.165) is 36.6 Å². The van der Waals surface area contributed by atoms with Crippen LogP contribution in [0.1, 0.15) is 62.9 Å². The zero-order valence-electron chi connectivity index (χ0n) is 19.9. The highest BCUT2D eigenvalue weighted by molar-refractivity contribution is 5.75. The minimum Gasteiger partial charge on any atom is -0.485 e. The van der Waals surface area contributed by atoms with Gasteiger partial charge in [0.1, 0.15) is 18.2 Å². The van der Waals surface area contributed by atoms with Crippen molar-refractivity contribution in [2.24, 2.45) is 0 Å². The van der Waals surface area contributed by atoms with Gasteiger partial charge in [-0.15, -0.1) is 0 Å². The van der Waals surface area contributed by atoms with Crippen molar-refractivity contribution in [1.29, 1.82) is 0 Å². The highest BCUT2D eigenvalue weighted by Gasteiger charge is 2.13. The summed E-state index contributed by atoms with van der Waals surface area (Å²) in [5, 5.41) is 0. The molecular formula is C27H39N3O. The summed E-state index contributed by atoms with van der Waals surface area (Å²) in [4.78, 5) is 7.54. The number of hydrogen-bond acceptors (Lipinski definition) is 3. The van der Waals surface area contributed by atoms with Crippen LogP contribution in [0.3, 0.4) is 0 Å². The fourth-order valence-electron chi connectivity index (χ4n) is 4.06. The third-order valence-electron chi connectivity index (χ3n) is 6.16. The zero-order chi connectivity index (χ0) is 22.1. The van der Waals surface area contributed by atoms with E-state index in [-0.39, 0.29) is 0 Å². The largest absolute Gasteiger partial charge is 0.485 e. The summed E-state index contributed by atoms with van der Waals surface area (Å²) >= 11 is 0. The van der Waals surface area contributed by atoms with Gasteiger partial charge in [0.25, 0.3) is 0 Å². The molecule has 31 heavy (non-hydrogen) atoms. The molecule has 0 N–H and O–H groups in total. The maximum Gasteiger partial charge on any atom is 0.147 e. The number of aromatic nitrogens is 2. The van der Waals surface area contributed by atoms with Gasteiger partial charge in [-0.1, -0.05) is 51.0 Å². The van der Waals surface area contributed by atoms with E-state index < -0.39 is 0 Å². The molecule has 0 atom stereocenters. The summed E-state index contributed by atoms with van der Waals surface area (Å²) in [5.74, 6) is 1.96. The van der Waals surface area contributed by atoms with Crippen LogP contribution in [0.25, 0.3) is 11.0 Å². The Morgan fingerprint density at radius 2 is 1.58 bits per heavy atom. The third-order valence-corrected chi connectivity index (χ3v) is 6.16. The van der Waals surface area contributed by atoms with Gasteiger partial charge in [-0.25, -0.2) is 4.98 Å². The first-order valence-electron chi connectivity index (χ1n) is 12.0. The molecule has 0 fully saturated rings. The number of nitrogens with zero attached hydrogens (tertiary/aromatic N) is 3. The third kappa shape index (κ3) is 6.33. The molecule has 0 radical (unpaired) electrons. The molecule has 1 aromatic heterocycles. The first kappa shape index (κ1) is 23.3. The highest BCUT2D eigenvalue weighted by atomic mass is 16.5. The van der Waals surface area contributed by atoms with Gasteiger partial charge in [-0.2, -0.15) is 0 Å². The minimum atomic E-state index is 0.494. The van der Waals surface area contributed by atoms with Gasteiger partial charge in [-0.05, 0) is 82.1 Å². The maximum absolute atomic E-state index is 6.21. The SMILES string of the molecule is CCCCN(CCCC)CCCn1c(COc2cccc(C)c2C)nc2ccccc21. The fraction of sp³-hybridized carbons (Fsp3) is 0.519. The quantitative estimate of drug-likeness (QED) is 0.314. The van der Waals surface area contributed by atoms with E-state index in [1.807, 2.05) is 0 Å². The van der Waals surface area contributed by atoms with Gasteiger partial charge in [0.2, 0.25) is 0 Å². The number of imidazole rings is 1. The molecular weight excluding hydrogens is 382 g/mol. The van der Waals surface area contributed by atoms with Crippen LogP contribution in [-0.4, -0.2) is 34.1 Å². The monoisotopic (exact) mass is 421 g/mol. The lowest BCUT2D eigenvalue weighted by Crippen LogP contribution is -2.28. The van der Waals surface area contributed by atoms with Gasteiger partial charge in [0, 0.05) is 6.54 Å². The van der Waals surface area contributed by atoms with Crippen molar-refractivity contribution in [2.75, 3.05) is 19.6 Å². The van der Waals surface area contributed by atoms with E-state index in [1.54, 1.807) is 0 Å². The molecule has 0 amide bonds. The Kier molecular flexibility index (Phi) is 8.96. The molecule has 0 saturated heterocycles. The van der Waals surface area contributed by atoms with Crippen molar-refractivity contribution in [3.8, 4) is 5.75 Å². The van der Waals surface area contributed by atoms with E-state index >= 15 is 0 Å². The summed E-state index contributed by atoms with van der Waals surface area (Å²) < 4.78 is 8.57. The Labute approximate surface area is 188 Å². The van der Waals surface area contributed by atoms with Crippen LogP contribution < -0.4 is 4.74 Å². The average Bonchev–Trinajstić information content (AvgIpc) is 3.13. The molecule has 2 aromatic carbocycles. The normalized spacial score (nSPS) is 11.5. The standard InChI is InChI=1S/C27H39N3O/c1-5-7-17-29(18-8-6-2)19-12-20-30-25-15-10-9-14-24(25)28-27(30)21-31-26-16-11-13-22(3)23(26)4/h9-11,13-16H,5-8,12,17-21H2,1-4H3. The summed E-state index contributed by atoms with van der Waals surface area (Å²) in [6, 6.07) is 14.7. The van der Waals surface area contributed by atoms with Crippen LogP contribution >= 0.6 is 0 Å². The lowest BCUT2D eigenvalue weighted by Gasteiger charge is -2.22. The molecule has 0 aliphatic carbocycles. The van der Waals surface area contributed by atoms with Crippen LogP contribution in [0.15, 0.2) is 42.5 Å². The predicted octanol–water partition coefficient (Wildman–Crippen LogP) is 6.52. The lowest BCUT2D eigenvalue weighted by molar-refractivity contribution is 0.254. The minimum absolute atomic E-state index is 0.494. The molecule has 168 valence electrons. The van der Waals surface area contributed by atoms with Gasteiger partial charge in [-0.3, -0.25) is 0 Å². The number of ether oxygens (including phenoxy) is 1. The molecule has 0 aliphatic heterocycles. The molecule has 3 aromatic rings. The number of aryl methyl sites for hydroxylation is 2. The maximum atomic E-state index is 6.21. The zero-order valence-corrected chi connectivity index (χ0v) is 19.9. The number of fused-ring (bicyclic) bond motifs is 1. The Balaban J connectivity index is 1.70. The molecule has 4 heteroatoms. The molecule has 4 nitrogen and oxygen atoms in total. The summed E-state index contributed by atoms with van der Waals surface area (Å²) in [6.45, 7) is 13.8. The Hall–Kier alpha value is -2.33. The average molecular weight is 422 g/mol. The van der Waals surface area contributed by atoms with Crippen molar-refractivity contribution in [3.63, 3.8) is 0 Å². The first-order chi connectivity index (χ1) is 15.1. The highest BCUT2D eigenvalue weighted by Crippen LogP contribution is 2.23. The molecule has 0 spiro atoms. The Morgan fingerprint density at radius 1 is 0.871 bits per heavy atom. The molecule has 3 rings (SSSR count). The molecule has 0 bridgehead atoms. The second kappa shape index (κ2) is 11.9. The second-order valence-corrected chi connectivity index (χ2v) is 8.56. The van der Waals surface area contributed by atoms with E-state index in [2.05, 4.69) is 79.6 Å². The van der Waals surface area contributed by atoms with Crippen LogP contribution in [0.4, 0.5) is 0 Å². The number of rotatable bonds is 13. The van der Waals surface area contributed by atoms with Crippen LogP contribution in [-0.2, 0) is 13.2 Å². The molecule has 1 heterocycles. The first-order valence-corrected chi connectivity index (χ1v) is 12.0. The van der Waals surface area contributed by atoms with E-state index in [1.165, 1.54) is 55.4 Å².